The highest BCUT2D eigenvalue weighted by Gasteiger charge is 2.39. The number of piperidine rings is 2. The third kappa shape index (κ3) is 10.5. The van der Waals surface area contributed by atoms with Crippen LogP contribution in [0.5, 0.6) is 11.5 Å². The fourth-order valence-electron chi connectivity index (χ4n) is 9.76. The van der Waals surface area contributed by atoms with Gasteiger partial charge in [0.25, 0.3) is 0 Å². The molecule has 6 aromatic rings. The average molecular weight is 997 g/mol. The molecule has 10 rings (SSSR count). The number of ether oxygens (including phenoxy) is 2. The molecule has 4 aliphatic heterocycles. The zero-order chi connectivity index (χ0) is 47.4. The number of nitrogens with zero attached hydrogens (tertiary/aromatic N) is 8. The Labute approximate surface area is 402 Å². The van der Waals surface area contributed by atoms with Crippen LogP contribution in [0.1, 0.15) is 95.0 Å². The van der Waals surface area contributed by atoms with E-state index in [-0.39, 0.29) is 68.9 Å². The van der Waals surface area contributed by atoms with E-state index in [4.69, 9.17) is 9.47 Å². The number of hydrogen-bond donors (Lipinski definition) is 0. The van der Waals surface area contributed by atoms with E-state index >= 15 is 0 Å². The van der Waals surface area contributed by atoms with Gasteiger partial charge in [-0.15, -0.1) is 0 Å². The van der Waals surface area contributed by atoms with Gasteiger partial charge in [-0.1, -0.05) is 36.4 Å². The topological polar surface area (TPSA) is 192 Å². The monoisotopic (exact) mass is 996 g/mol. The predicted octanol–water partition coefficient (Wildman–Crippen LogP) is 8.90. The van der Waals surface area contributed by atoms with Crippen molar-refractivity contribution in [2.24, 2.45) is 11.8 Å². The Hall–Kier alpha value is -5.74. The van der Waals surface area contributed by atoms with Crippen LogP contribution in [-0.2, 0) is 31.2 Å². The summed E-state index contributed by atoms with van der Waals surface area (Å²) in [5, 5.41) is 20.0. The molecule has 4 aliphatic rings. The summed E-state index contributed by atoms with van der Waals surface area (Å²) in [6, 6.07) is 27.9. The highest BCUT2D eigenvalue weighted by molar-refractivity contribution is 7.91. The molecule has 0 spiro atoms. The average Bonchev–Trinajstić information content (AvgIpc) is 4.08. The molecule has 14 nitrogen and oxygen atoms in total. The maximum Gasteiger partial charge on any atom is 0.185 e. The molecule has 352 valence electrons. The first kappa shape index (κ1) is 47.3. The van der Waals surface area contributed by atoms with Gasteiger partial charge in [0.1, 0.15) is 57.3 Å². The van der Waals surface area contributed by atoms with Crippen LogP contribution in [0.3, 0.4) is 0 Å². The number of nitriles is 2. The lowest BCUT2D eigenvalue weighted by Crippen LogP contribution is -2.41. The lowest BCUT2D eigenvalue weighted by molar-refractivity contribution is 0.0550. The van der Waals surface area contributed by atoms with Crippen LogP contribution in [0.2, 0.25) is 0 Å². The highest BCUT2D eigenvalue weighted by Crippen LogP contribution is 2.47. The second-order valence-corrected chi connectivity index (χ2v) is 22.9. The molecule has 4 aromatic carbocycles. The summed E-state index contributed by atoms with van der Waals surface area (Å²) in [7, 11) is -7.17. The van der Waals surface area contributed by atoms with Crippen molar-refractivity contribution >= 4 is 42.7 Å². The smallest absolute Gasteiger partial charge is 0.185 e. The zero-order valence-corrected chi connectivity index (χ0v) is 39.9. The molecule has 6 atom stereocenters. The molecule has 0 saturated carbocycles. The van der Waals surface area contributed by atoms with E-state index in [9.17, 15) is 36.1 Å². The Kier molecular flexibility index (Phi) is 14.2. The quantitative estimate of drug-likeness (QED) is 0.126. The summed E-state index contributed by atoms with van der Waals surface area (Å²) in [6.45, 7) is 2.38. The van der Waals surface area contributed by atoms with Crippen molar-refractivity contribution in [3.05, 3.63) is 141 Å². The van der Waals surface area contributed by atoms with Crippen molar-refractivity contribution in [2.45, 2.75) is 84.0 Å². The van der Waals surface area contributed by atoms with Gasteiger partial charge in [-0.3, -0.25) is 9.80 Å². The summed E-state index contributed by atoms with van der Waals surface area (Å²) in [4.78, 5) is 13.1. The van der Waals surface area contributed by atoms with Crippen LogP contribution < -0.4 is 9.47 Å². The summed E-state index contributed by atoms with van der Waals surface area (Å²) in [6.07, 6.45) is 7.06. The Morgan fingerprint density at radius 3 is 1.37 bits per heavy atom. The first-order valence-corrected chi connectivity index (χ1v) is 27.1. The van der Waals surface area contributed by atoms with Crippen molar-refractivity contribution in [3.8, 4) is 23.6 Å². The SMILES string of the molecule is N#C[C@H]1CCN([C@@H]2CCOc3cc(S(=O)(=O)Cc4ncns4)ccc32)[C@@H](c2ccc(F)cc2)C1.N#C[C@H]1CCN([C@H]2CCOc3cc(S(=O)(=O)Cc4ncns4)ccc32)[C@@H](c2ccc(F)cc2)C1. The Balaban J connectivity index is 0.000000170. The number of aromatic nitrogens is 4. The second kappa shape index (κ2) is 20.5. The maximum absolute atomic E-state index is 13.6. The van der Waals surface area contributed by atoms with Gasteiger partial charge >= 0.3 is 0 Å². The summed E-state index contributed by atoms with van der Waals surface area (Å²) < 4.78 is 98.3. The Morgan fingerprint density at radius 2 is 1.00 bits per heavy atom. The first-order chi connectivity index (χ1) is 32.9. The molecule has 0 bridgehead atoms. The molecule has 0 unspecified atom stereocenters. The van der Waals surface area contributed by atoms with E-state index in [2.05, 4.69) is 40.7 Å². The minimum atomic E-state index is -3.58. The van der Waals surface area contributed by atoms with Crippen LogP contribution in [0.25, 0.3) is 0 Å². The van der Waals surface area contributed by atoms with E-state index in [1.165, 1.54) is 36.9 Å². The number of fused-ring (bicyclic) bond motifs is 2. The molecule has 2 saturated heterocycles. The van der Waals surface area contributed by atoms with E-state index in [1.807, 2.05) is 12.1 Å². The number of halogens is 2. The van der Waals surface area contributed by atoms with Crippen molar-refractivity contribution in [2.75, 3.05) is 26.3 Å². The summed E-state index contributed by atoms with van der Waals surface area (Å²) >= 11 is 2.14. The van der Waals surface area contributed by atoms with Gasteiger partial charge in [0.15, 0.2) is 19.7 Å². The van der Waals surface area contributed by atoms with Gasteiger partial charge in [-0.25, -0.2) is 35.6 Å². The van der Waals surface area contributed by atoms with Gasteiger partial charge in [-0.05, 0) is 108 Å². The van der Waals surface area contributed by atoms with Crippen molar-refractivity contribution in [1.82, 2.24) is 28.5 Å². The van der Waals surface area contributed by atoms with E-state index in [1.54, 1.807) is 48.5 Å². The van der Waals surface area contributed by atoms with E-state index in [0.717, 1.165) is 84.1 Å². The molecule has 0 radical (unpaired) electrons. The molecular weight excluding hydrogens is 951 g/mol. The Bertz CT molecular complexity index is 2820. The van der Waals surface area contributed by atoms with Crippen molar-refractivity contribution < 1.29 is 35.1 Å². The lowest BCUT2D eigenvalue weighted by Gasteiger charge is -2.44. The van der Waals surface area contributed by atoms with Gasteiger partial charge in [-0.2, -0.15) is 19.3 Å². The molecule has 2 fully saturated rings. The van der Waals surface area contributed by atoms with Crippen LogP contribution in [0.4, 0.5) is 8.78 Å². The Morgan fingerprint density at radius 1 is 0.588 bits per heavy atom. The van der Waals surface area contributed by atoms with Gasteiger partial charge < -0.3 is 9.47 Å². The minimum absolute atomic E-state index is 0.0124. The fourth-order valence-corrected chi connectivity index (χ4v) is 14.0. The number of hydrogen-bond acceptors (Lipinski definition) is 16. The third-order valence-electron chi connectivity index (χ3n) is 13.1. The van der Waals surface area contributed by atoms with Gasteiger partial charge in [0.2, 0.25) is 0 Å². The predicted molar refractivity (Wildman–Crippen MR) is 249 cm³/mol. The van der Waals surface area contributed by atoms with Crippen LogP contribution in [0, 0.1) is 46.1 Å². The highest BCUT2D eigenvalue weighted by atomic mass is 32.2. The standard InChI is InChI=1S/2C24H23FN4O3S2/c2*25-18-3-1-17(2-4-18)22-11-16(13-26)7-9-29(22)21-8-10-32-23-12-19(5-6-20(21)23)34(30,31)14-24-27-15-28-33-24/h2*1-6,12,15-16,21-22H,7-11,14H2/t16-,21+,22+;16-,21-,22+/m00/s1. The second-order valence-electron chi connectivity index (χ2n) is 17.2. The van der Waals surface area contributed by atoms with Gasteiger partial charge in [0, 0.05) is 73.1 Å². The molecular formula is C48H46F2N8O6S4. The van der Waals surface area contributed by atoms with Crippen LogP contribution >= 0.6 is 23.1 Å². The molecule has 68 heavy (non-hydrogen) atoms. The molecule has 2 aromatic heterocycles. The molecule has 6 heterocycles. The minimum Gasteiger partial charge on any atom is -0.493 e. The van der Waals surface area contributed by atoms with E-state index in [0.29, 0.717) is 47.6 Å². The maximum atomic E-state index is 13.6. The number of rotatable bonds is 10. The zero-order valence-electron chi connectivity index (χ0n) is 36.6. The summed E-state index contributed by atoms with van der Waals surface area (Å²) in [5.41, 5.74) is 3.82. The fraction of sp³-hybridized carbons (Fsp3) is 0.375. The van der Waals surface area contributed by atoms with Gasteiger partial charge in [0.05, 0.1) is 35.1 Å². The van der Waals surface area contributed by atoms with E-state index < -0.39 is 19.7 Å². The van der Waals surface area contributed by atoms with Crippen LogP contribution in [-0.4, -0.2) is 71.7 Å². The third-order valence-corrected chi connectivity index (χ3v) is 18.0. The normalized spacial score (nSPS) is 23.0. The number of likely N-dealkylation sites (tertiary alicyclic amines) is 2. The lowest BCUT2D eigenvalue weighted by atomic mass is 9.85. The molecule has 0 amide bonds. The number of sulfone groups is 2. The van der Waals surface area contributed by atoms with Crippen molar-refractivity contribution in [1.29, 1.82) is 10.5 Å². The molecule has 0 N–H and O–H groups in total. The first-order valence-electron chi connectivity index (χ1n) is 22.2. The van der Waals surface area contributed by atoms with Crippen LogP contribution in [0.15, 0.2) is 107 Å². The largest absolute Gasteiger partial charge is 0.493 e. The summed E-state index contributed by atoms with van der Waals surface area (Å²) in [5.74, 6) is 0.0347. The van der Waals surface area contributed by atoms with Crippen molar-refractivity contribution in [3.63, 3.8) is 0 Å². The number of benzene rings is 4. The molecule has 0 aliphatic carbocycles. The molecule has 20 heteroatoms.